The minimum atomic E-state index is -0.524. The Balaban J connectivity index is 2.08. The summed E-state index contributed by atoms with van der Waals surface area (Å²) in [5.41, 5.74) is 0. The molecule has 1 aromatic carbocycles. The topological polar surface area (TPSA) is 60.0 Å². The molecule has 0 spiro atoms. The summed E-state index contributed by atoms with van der Waals surface area (Å²) in [6.45, 7) is 5.10. The second kappa shape index (κ2) is 10.5. The number of hydrogen-bond acceptors (Lipinski definition) is 5. The maximum Gasteiger partial charge on any atom is 0.119 e. The van der Waals surface area contributed by atoms with Crippen LogP contribution in [0, 0.1) is 0 Å². The van der Waals surface area contributed by atoms with Crippen molar-refractivity contribution >= 4 is 0 Å². The zero-order valence-electron chi connectivity index (χ0n) is 12.3. The Bertz CT molecular complexity index is 342. The normalized spacial score (nSPS) is 12.2. The van der Waals surface area contributed by atoms with Crippen molar-refractivity contribution in [1.29, 1.82) is 0 Å². The molecule has 0 saturated carbocycles. The van der Waals surface area contributed by atoms with Crippen LogP contribution in [0.2, 0.25) is 0 Å². The molecular formula is C15H25NO4. The van der Waals surface area contributed by atoms with Crippen molar-refractivity contribution in [2.45, 2.75) is 19.4 Å². The third kappa shape index (κ3) is 7.33. The summed E-state index contributed by atoms with van der Waals surface area (Å²) in [5, 5.41) is 12.9. The number of rotatable bonds is 11. The van der Waals surface area contributed by atoms with Crippen LogP contribution < -0.4 is 14.8 Å². The number of aliphatic hydroxyl groups excluding tert-OH is 1. The van der Waals surface area contributed by atoms with Gasteiger partial charge in [-0.1, -0.05) is 0 Å². The Morgan fingerprint density at radius 3 is 2.55 bits per heavy atom. The van der Waals surface area contributed by atoms with Crippen LogP contribution in [0.3, 0.4) is 0 Å². The van der Waals surface area contributed by atoms with Crippen molar-refractivity contribution < 1.29 is 19.3 Å². The molecule has 20 heavy (non-hydrogen) atoms. The smallest absolute Gasteiger partial charge is 0.119 e. The van der Waals surface area contributed by atoms with Crippen LogP contribution in [-0.2, 0) is 4.74 Å². The molecule has 0 heterocycles. The molecule has 1 unspecified atom stereocenters. The van der Waals surface area contributed by atoms with Crippen molar-refractivity contribution in [3.05, 3.63) is 24.3 Å². The lowest BCUT2D eigenvalue weighted by atomic mass is 10.3. The van der Waals surface area contributed by atoms with Gasteiger partial charge in [-0.05, 0) is 44.2 Å². The summed E-state index contributed by atoms with van der Waals surface area (Å²) in [6, 6.07) is 7.30. The van der Waals surface area contributed by atoms with Crippen LogP contribution in [0.15, 0.2) is 24.3 Å². The predicted molar refractivity (Wildman–Crippen MR) is 78.5 cm³/mol. The van der Waals surface area contributed by atoms with Gasteiger partial charge in [0, 0.05) is 19.8 Å². The molecule has 5 heteroatoms. The highest BCUT2D eigenvalue weighted by Crippen LogP contribution is 2.16. The maximum atomic E-state index is 9.77. The highest BCUT2D eigenvalue weighted by Gasteiger charge is 2.04. The summed E-state index contributed by atoms with van der Waals surface area (Å²) in [5.74, 6) is 1.51. The van der Waals surface area contributed by atoms with E-state index in [9.17, 15) is 5.11 Å². The first-order valence-electron chi connectivity index (χ1n) is 6.99. The number of aliphatic hydroxyl groups is 1. The van der Waals surface area contributed by atoms with E-state index in [1.54, 1.807) is 7.11 Å². The molecule has 0 amide bonds. The lowest BCUT2D eigenvalue weighted by molar-refractivity contribution is 0.104. The number of benzene rings is 1. The summed E-state index contributed by atoms with van der Waals surface area (Å²) in [6.07, 6.45) is 0.420. The van der Waals surface area contributed by atoms with Gasteiger partial charge in [0.05, 0.1) is 7.11 Å². The van der Waals surface area contributed by atoms with E-state index in [0.717, 1.165) is 37.7 Å². The molecule has 2 N–H and O–H groups in total. The first-order chi connectivity index (χ1) is 9.76. The lowest BCUT2D eigenvalue weighted by Gasteiger charge is -2.13. The van der Waals surface area contributed by atoms with Crippen molar-refractivity contribution in [3.63, 3.8) is 0 Å². The van der Waals surface area contributed by atoms with E-state index >= 15 is 0 Å². The SMILES string of the molecule is CCOCCCNCC(O)COc1ccc(OC)cc1. The molecule has 1 rings (SSSR count). The first-order valence-corrected chi connectivity index (χ1v) is 6.99. The molecule has 0 aromatic heterocycles. The zero-order valence-corrected chi connectivity index (χ0v) is 12.3. The summed E-state index contributed by atoms with van der Waals surface area (Å²) in [4.78, 5) is 0. The van der Waals surface area contributed by atoms with Gasteiger partial charge < -0.3 is 24.6 Å². The van der Waals surface area contributed by atoms with Crippen LogP contribution in [-0.4, -0.2) is 51.2 Å². The highest BCUT2D eigenvalue weighted by atomic mass is 16.5. The average molecular weight is 283 g/mol. The third-order valence-corrected chi connectivity index (χ3v) is 2.73. The van der Waals surface area contributed by atoms with Gasteiger partial charge in [0.25, 0.3) is 0 Å². The van der Waals surface area contributed by atoms with Gasteiger partial charge in [-0.25, -0.2) is 0 Å². The molecular weight excluding hydrogens is 258 g/mol. The van der Waals surface area contributed by atoms with Crippen molar-refractivity contribution in [2.75, 3.05) is 40.0 Å². The molecule has 0 aliphatic heterocycles. The number of methoxy groups -OCH3 is 1. The van der Waals surface area contributed by atoms with Gasteiger partial charge in [0.15, 0.2) is 0 Å². The first kappa shape index (κ1) is 16.8. The van der Waals surface area contributed by atoms with Gasteiger partial charge in [0.1, 0.15) is 24.2 Å². The monoisotopic (exact) mass is 283 g/mol. The van der Waals surface area contributed by atoms with E-state index in [1.165, 1.54) is 0 Å². The summed E-state index contributed by atoms with van der Waals surface area (Å²) < 4.78 is 15.8. The van der Waals surface area contributed by atoms with Crippen LogP contribution in [0.4, 0.5) is 0 Å². The quantitative estimate of drug-likeness (QED) is 0.602. The largest absolute Gasteiger partial charge is 0.497 e. The summed E-state index contributed by atoms with van der Waals surface area (Å²) in [7, 11) is 1.62. The Morgan fingerprint density at radius 1 is 1.20 bits per heavy atom. The van der Waals surface area contributed by atoms with E-state index in [4.69, 9.17) is 14.2 Å². The standard InChI is InChI=1S/C15H25NO4/c1-3-19-10-4-9-16-11-13(17)12-20-15-7-5-14(18-2)6-8-15/h5-8,13,16-17H,3-4,9-12H2,1-2H3. The molecule has 0 radical (unpaired) electrons. The highest BCUT2D eigenvalue weighted by molar-refractivity contribution is 5.31. The molecule has 0 aliphatic carbocycles. The number of hydrogen-bond donors (Lipinski definition) is 2. The third-order valence-electron chi connectivity index (χ3n) is 2.73. The number of nitrogens with one attached hydrogen (secondary N) is 1. The Hall–Kier alpha value is -1.30. The predicted octanol–water partition coefficient (Wildman–Crippen LogP) is 1.45. The lowest BCUT2D eigenvalue weighted by Crippen LogP contribution is -2.32. The molecule has 5 nitrogen and oxygen atoms in total. The molecule has 1 atom stereocenters. The Kier molecular flexibility index (Phi) is 8.78. The van der Waals surface area contributed by atoms with Crippen LogP contribution in [0.25, 0.3) is 0 Å². The van der Waals surface area contributed by atoms with E-state index in [0.29, 0.717) is 6.54 Å². The fourth-order valence-corrected chi connectivity index (χ4v) is 1.64. The Labute approximate surface area is 120 Å². The van der Waals surface area contributed by atoms with Gasteiger partial charge in [-0.2, -0.15) is 0 Å². The van der Waals surface area contributed by atoms with Gasteiger partial charge >= 0.3 is 0 Å². The van der Waals surface area contributed by atoms with Crippen LogP contribution in [0.1, 0.15) is 13.3 Å². The van der Waals surface area contributed by atoms with E-state index in [1.807, 2.05) is 31.2 Å². The number of ether oxygens (including phenoxy) is 3. The van der Waals surface area contributed by atoms with Crippen molar-refractivity contribution in [2.24, 2.45) is 0 Å². The molecule has 1 aromatic rings. The van der Waals surface area contributed by atoms with Crippen LogP contribution in [0.5, 0.6) is 11.5 Å². The van der Waals surface area contributed by atoms with E-state index in [2.05, 4.69) is 5.32 Å². The molecule has 114 valence electrons. The molecule has 0 aliphatic rings. The molecule has 0 saturated heterocycles. The fraction of sp³-hybridized carbons (Fsp3) is 0.600. The van der Waals surface area contributed by atoms with Gasteiger partial charge in [-0.15, -0.1) is 0 Å². The molecule has 0 bridgehead atoms. The van der Waals surface area contributed by atoms with E-state index in [-0.39, 0.29) is 6.61 Å². The fourth-order valence-electron chi connectivity index (χ4n) is 1.64. The average Bonchev–Trinajstić information content (AvgIpc) is 2.49. The van der Waals surface area contributed by atoms with Crippen LogP contribution >= 0.6 is 0 Å². The Morgan fingerprint density at radius 2 is 1.90 bits per heavy atom. The second-order valence-corrected chi connectivity index (χ2v) is 4.39. The maximum absolute atomic E-state index is 9.77. The summed E-state index contributed by atoms with van der Waals surface area (Å²) >= 11 is 0. The minimum absolute atomic E-state index is 0.269. The van der Waals surface area contributed by atoms with E-state index < -0.39 is 6.10 Å². The van der Waals surface area contributed by atoms with Crippen molar-refractivity contribution in [1.82, 2.24) is 5.32 Å². The zero-order chi connectivity index (χ0) is 14.6. The van der Waals surface area contributed by atoms with Crippen molar-refractivity contribution in [3.8, 4) is 11.5 Å². The van der Waals surface area contributed by atoms with Gasteiger partial charge in [-0.3, -0.25) is 0 Å². The van der Waals surface area contributed by atoms with Gasteiger partial charge in [0.2, 0.25) is 0 Å². The minimum Gasteiger partial charge on any atom is -0.497 e. The second-order valence-electron chi connectivity index (χ2n) is 4.39. The molecule has 0 fully saturated rings.